The summed E-state index contributed by atoms with van der Waals surface area (Å²) in [6.07, 6.45) is 17.9. The summed E-state index contributed by atoms with van der Waals surface area (Å²) in [5, 5.41) is 0. The van der Waals surface area contributed by atoms with Crippen LogP contribution in [0.15, 0.2) is 0 Å². The number of unbranched alkanes of at least 4 members (excludes halogenated alkanes) is 4. The van der Waals surface area contributed by atoms with Crippen LogP contribution in [0.3, 0.4) is 0 Å². The van der Waals surface area contributed by atoms with Gasteiger partial charge in [0.05, 0.1) is 24.6 Å². The van der Waals surface area contributed by atoms with Gasteiger partial charge in [-0.05, 0) is 25.7 Å². The van der Waals surface area contributed by atoms with E-state index in [1.807, 2.05) is 0 Å². The standard InChI is InChI=1S/C16H36P.BrH.Na.H2O/c1-5-9-13-17(14-10-6-2,15-11-7-3)16-12-8-4;;;/h5-16H2,1-4H3;1H;;1H2/q+1;;+1;/p-2. The fourth-order valence-corrected chi connectivity index (χ4v) is 7.93. The first-order valence-electron chi connectivity index (χ1n) is 8.09. The van der Waals surface area contributed by atoms with Crippen LogP contribution in [0.5, 0.6) is 0 Å². The molecule has 0 radical (unpaired) electrons. The summed E-state index contributed by atoms with van der Waals surface area (Å²) in [5.41, 5.74) is 0. The first-order chi connectivity index (χ1) is 8.24. The molecular formula is C16H37BrNaOP. The minimum Gasteiger partial charge on any atom is -1.00 e. The van der Waals surface area contributed by atoms with Gasteiger partial charge in [-0.3, -0.25) is 0 Å². The second kappa shape index (κ2) is 20.9. The molecule has 0 bridgehead atoms. The predicted molar refractivity (Wildman–Crippen MR) is 88.0 cm³/mol. The number of hydrogen-bond donors (Lipinski definition) is 0. The van der Waals surface area contributed by atoms with E-state index in [0.717, 1.165) is 0 Å². The third-order valence-electron chi connectivity index (χ3n) is 3.94. The monoisotopic (exact) mass is 378 g/mol. The fraction of sp³-hybridized carbons (Fsp3) is 1.00. The van der Waals surface area contributed by atoms with Crippen molar-refractivity contribution in [3.8, 4) is 0 Å². The zero-order valence-electron chi connectivity index (χ0n) is 14.8. The van der Waals surface area contributed by atoms with Crippen LogP contribution in [0.1, 0.15) is 79.1 Å². The van der Waals surface area contributed by atoms with E-state index in [-0.39, 0.29) is 52.0 Å². The quantitative estimate of drug-likeness (QED) is 0.348. The van der Waals surface area contributed by atoms with Gasteiger partial charge in [-0.2, -0.15) is 0 Å². The summed E-state index contributed by atoms with van der Waals surface area (Å²) in [7, 11) is -0.562. The summed E-state index contributed by atoms with van der Waals surface area (Å²) in [4.78, 5) is 0. The molecule has 0 saturated heterocycles. The molecule has 0 aromatic carbocycles. The van der Waals surface area contributed by atoms with Crippen molar-refractivity contribution >= 4 is 7.26 Å². The first-order valence-corrected chi connectivity index (χ1v) is 10.6. The number of halogens is 1. The van der Waals surface area contributed by atoms with E-state index < -0.39 is 7.26 Å². The maximum atomic E-state index is 2.36. The molecule has 1 N–H and O–H groups in total. The normalized spacial score (nSPS) is 10.2. The van der Waals surface area contributed by atoms with Crippen LogP contribution >= 0.6 is 7.26 Å². The van der Waals surface area contributed by atoms with Gasteiger partial charge in [0.2, 0.25) is 0 Å². The second-order valence-corrected chi connectivity index (χ2v) is 10.1. The van der Waals surface area contributed by atoms with Crippen molar-refractivity contribution in [3.63, 3.8) is 0 Å². The Hall–Kier alpha value is 1.87. The summed E-state index contributed by atoms with van der Waals surface area (Å²) in [5.74, 6) is 0. The molecule has 0 fully saturated rings. The van der Waals surface area contributed by atoms with Crippen LogP contribution in [0.25, 0.3) is 0 Å². The smallest absolute Gasteiger partial charge is 1.00 e. The topological polar surface area (TPSA) is 30.0 Å². The third-order valence-corrected chi connectivity index (χ3v) is 9.00. The molecule has 0 aliphatic carbocycles. The summed E-state index contributed by atoms with van der Waals surface area (Å²) >= 11 is 0. The molecule has 20 heavy (non-hydrogen) atoms. The summed E-state index contributed by atoms with van der Waals surface area (Å²) < 4.78 is 0. The van der Waals surface area contributed by atoms with E-state index >= 15 is 0 Å². The molecule has 120 valence electrons. The molecule has 4 heteroatoms. The Kier molecular flexibility index (Phi) is 31.1. The molecular weight excluding hydrogens is 342 g/mol. The van der Waals surface area contributed by atoms with Gasteiger partial charge < -0.3 is 22.5 Å². The van der Waals surface area contributed by atoms with Crippen molar-refractivity contribution < 1.29 is 52.0 Å². The first kappa shape index (κ1) is 29.8. The van der Waals surface area contributed by atoms with Gasteiger partial charge in [-0.15, -0.1) is 0 Å². The van der Waals surface area contributed by atoms with Crippen molar-refractivity contribution in [3.05, 3.63) is 0 Å². The SMILES string of the molecule is CCCC[P+](CCCC)(CCCC)CCCC.[Br-].[Na+].[OH-]. The fourth-order valence-electron chi connectivity index (χ4n) is 2.64. The Bertz CT molecular complexity index is 133. The van der Waals surface area contributed by atoms with Gasteiger partial charge in [0.15, 0.2) is 0 Å². The molecule has 0 aromatic heterocycles. The number of hydrogen-bond acceptors (Lipinski definition) is 1. The van der Waals surface area contributed by atoms with E-state index in [9.17, 15) is 0 Å². The van der Waals surface area contributed by atoms with Gasteiger partial charge >= 0.3 is 29.6 Å². The van der Waals surface area contributed by atoms with E-state index in [1.54, 1.807) is 24.6 Å². The average molecular weight is 379 g/mol. The van der Waals surface area contributed by atoms with Crippen molar-refractivity contribution in [2.75, 3.05) is 24.6 Å². The van der Waals surface area contributed by atoms with E-state index in [4.69, 9.17) is 0 Å². The maximum Gasteiger partial charge on any atom is 1.00 e. The van der Waals surface area contributed by atoms with E-state index in [0.29, 0.717) is 0 Å². The molecule has 0 unspecified atom stereocenters. The minimum atomic E-state index is -0.562. The van der Waals surface area contributed by atoms with Crippen LogP contribution in [0.2, 0.25) is 0 Å². The Morgan fingerprint density at radius 3 is 0.900 bits per heavy atom. The maximum absolute atomic E-state index is 2.36. The molecule has 0 atom stereocenters. The number of rotatable bonds is 12. The zero-order chi connectivity index (χ0) is 13.0. The van der Waals surface area contributed by atoms with Gasteiger partial charge in [-0.1, -0.05) is 53.4 Å². The predicted octanol–water partition coefficient (Wildman–Crippen LogP) is 0.0356. The Morgan fingerprint density at radius 2 is 0.750 bits per heavy atom. The molecule has 0 aromatic rings. The largest absolute Gasteiger partial charge is 1.00 e. The van der Waals surface area contributed by atoms with Gasteiger partial charge in [0, 0.05) is 7.26 Å². The van der Waals surface area contributed by atoms with Crippen LogP contribution < -0.4 is 46.5 Å². The molecule has 0 aliphatic heterocycles. The molecule has 0 spiro atoms. The Labute approximate surface area is 162 Å². The van der Waals surface area contributed by atoms with Gasteiger partial charge in [0.1, 0.15) is 0 Å². The average Bonchev–Trinajstić information content (AvgIpc) is 2.37. The second-order valence-electron chi connectivity index (χ2n) is 5.65. The van der Waals surface area contributed by atoms with Crippen LogP contribution in [-0.2, 0) is 0 Å². The van der Waals surface area contributed by atoms with Crippen molar-refractivity contribution in [1.82, 2.24) is 0 Å². The van der Waals surface area contributed by atoms with Crippen molar-refractivity contribution in [2.45, 2.75) is 79.1 Å². The van der Waals surface area contributed by atoms with Crippen molar-refractivity contribution in [2.24, 2.45) is 0 Å². The van der Waals surface area contributed by atoms with Crippen LogP contribution in [-0.4, -0.2) is 30.1 Å². The van der Waals surface area contributed by atoms with Crippen LogP contribution in [0.4, 0.5) is 0 Å². The van der Waals surface area contributed by atoms with Gasteiger partial charge in [0.25, 0.3) is 0 Å². The molecule has 0 rings (SSSR count). The van der Waals surface area contributed by atoms with E-state index in [2.05, 4.69) is 27.7 Å². The van der Waals surface area contributed by atoms with Crippen LogP contribution in [0, 0.1) is 0 Å². The Balaban J connectivity index is -0.000000427. The van der Waals surface area contributed by atoms with Crippen molar-refractivity contribution in [1.29, 1.82) is 0 Å². The zero-order valence-corrected chi connectivity index (χ0v) is 19.2. The molecule has 0 saturated carbocycles. The van der Waals surface area contributed by atoms with Gasteiger partial charge in [-0.25, -0.2) is 0 Å². The third kappa shape index (κ3) is 14.8. The Morgan fingerprint density at radius 1 is 0.550 bits per heavy atom. The van der Waals surface area contributed by atoms with E-state index in [1.165, 1.54) is 51.4 Å². The molecule has 0 aliphatic rings. The molecule has 0 amide bonds. The minimum absolute atomic E-state index is 0. The summed E-state index contributed by atoms with van der Waals surface area (Å²) in [6.45, 7) is 9.42. The summed E-state index contributed by atoms with van der Waals surface area (Å²) in [6, 6.07) is 0. The molecule has 1 nitrogen and oxygen atoms in total. The molecule has 0 heterocycles.